The van der Waals surface area contributed by atoms with Crippen LogP contribution in [0.1, 0.15) is 12.8 Å². The Hall–Kier alpha value is 0.394. The van der Waals surface area contributed by atoms with Crippen molar-refractivity contribution in [1.29, 1.82) is 0 Å². The number of nitrogens with zero attached hydrogens (tertiary/aromatic N) is 1. The van der Waals surface area contributed by atoms with E-state index in [1.807, 2.05) is 0 Å². The number of hydrogen-bond acceptors (Lipinski definition) is 1. The van der Waals surface area contributed by atoms with Crippen molar-refractivity contribution >= 4 is 16.1 Å². The molecule has 0 aliphatic carbocycles. The Morgan fingerprint density at radius 2 is 1.64 bits per heavy atom. The molecule has 0 N–H and O–H groups in total. The SMILES string of the molecule is C[Si](C)(C)CN1CCCC1[Si](C)(C)C. The highest BCUT2D eigenvalue weighted by atomic mass is 28.3. The fourth-order valence-corrected chi connectivity index (χ4v) is 6.77. The molecule has 0 aromatic heterocycles. The van der Waals surface area contributed by atoms with Crippen LogP contribution in [0.4, 0.5) is 0 Å². The van der Waals surface area contributed by atoms with Crippen molar-refractivity contribution in [3.05, 3.63) is 0 Å². The molecule has 1 rings (SSSR count). The van der Waals surface area contributed by atoms with Crippen molar-refractivity contribution in [2.24, 2.45) is 0 Å². The third-order valence-electron chi connectivity index (χ3n) is 3.04. The molecule has 1 aliphatic heterocycles. The summed E-state index contributed by atoms with van der Waals surface area (Å²) in [7, 11) is -1.83. The summed E-state index contributed by atoms with van der Waals surface area (Å²) >= 11 is 0. The first kappa shape index (κ1) is 12.5. The van der Waals surface area contributed by atoms with Gasteiger partial charge in [0.15, 0.2) is 0 Å². The first-order valence-electron chi connectivity index (χ1n) is 5.94. The minimum atomic E-state index is -0.939. The molecule has 84 valence electrons. The van der Waals surface area contributed by atoms with Crippen molar-refractivity contribution in [2.45, 2.75) is 57.8 Å². The molecule has 0 amide bonds. The van der Waals surface area contributed by atoms with E-state index in [0.717, 1.165) is 5.67 Å². The van der Waals surface area contributed by atoms with E-state index in [9.17, 15) is 0 Å². The summed E-state index contributed by atoms with van der Waals surface area (Å²) in [4.78, 5) is 2.82. The van der Waals surface area contributed by atoms with Crippen molar-refractivity contribution in [1.82, 2.24) is 4.90 Å². The summed E-state index contributed by atoms with van der Waals surface area (Å²) in [5.41, 5.74) is 0.967. The Balaban J connectivity index is 2.61. The van der Waals surface area contributed by atoms with E-state index in [1.165, 1.54) is 25.6 Å². The molecule has 1 heterocycles. The Labute approximate surface area is 91.9 Å². The first-order valence-corrected chi connectivity index (χ1v) is 13.2. The summed E-state index contributed by atoms with van der Waals surface area (Å²) in [6, 6.07) is 0. The van der Waals surface area contributed by atoms with E-state index >= 15 is 0 Å². The van der Waals surface area contributed by atoms with Crippen LogP contribution in [0.25, 0.3) is 0 Å². The van der Waals surface area contributed by atoms with E-state index in [4.69, 9.17) is 0 Å². The van der Waals surface area contributed by atoms with Gasteiger partial charge in [0.2, 0.25) is 0 Å². The van der Waals surface area contributed by atoms with Crippen LogP contribution >= 0.6 is 0 Å². The maximum atomic E-state index is 2.82. The molecular weight excluding hydrogens is 202 g/mol. The second-order valence-corrected chi connectivity index (χ2v) is 17.9. The van der Waals surface area contributed by atoms with Crippen molar-refractivity contribution in [3.63, 3.8) is 0 Å². The van der Waals surface area contributed by atoms with Crippen molar-refractivity contribution in [3.8, 4) is 0 Å². The molecule has 3 heteroatoms. The molecule has 1 atom stereocenters. The molecule has 1 saturated heterocycles. The first-order chi connectivity index (χ1) is 6.20. The Morgan fingerprint density at radius 1 is 1.07 bits per heavy atom. The minimum Gasteiger partial charge on any atom is -0.306 e. The van der Waals surface area contributed by atoms with Gasteiger partial charge in [0, 0.05) is 5.67 Å². The summed E-state index contributed by atoms with van der Waals surface area (Å²) in [5, 5.41) is 0. The lowest BCUT2D eigenvalue weighted by Crippen LogP contribution is -2.52. The standard InChI is InChI=1S/C11H27NSi2/c1-13(2,3)10-12-9-7-8-11(12)14(4,5)6/h11H,7-10H2,1-6H3. The molecular formula is C11H27NSi2. The quantitative estimate of drug-likeness (QED) is 0.672. The van der Waals surface area contributed by atoms with Crippen LogP contribution < -0.4 is 0 Å². The molecule has 1 fully saturated rings. The van der Waals surface area contributed by atoms with Gasteiger partial charge < -0.3 is 4.90 Å². The van der Waals surface area contributed by atoms with Gasteiger partial charge in [-0.2, -0.15) is 0 Å². The van der Waals surface area contributed by atoms with E-state index in [-0.39, 0.29) is 0 Å². The maximum absolute atomic E-state index is 2.82. The molecule has 0 aromatic rings. The number of likely N-dealkylation sites (tertiary alicyclic amines) is 1. The fraction of sp³-hybridized carbons (Fsp3) is 1.00. The lowest BCUT2D eigenvalue weighted by Gasteiger charge is -2.36. The van der Waals surface area contributed by atoms with E-state index in [0.29, 0.717) is 0 Å². The molecule has 1 nitrogen and oxygen atoms in total. The van der Waals surface area contributed by atoms with Crippen LogP contribution in [0.15, 0.2) is 0 Å². The lowest BCUT2D eigenvalue weighted by atomic mass is 10.4. The largest absolute Gasteiger partial charge is 0.306 e. The van der Waals surface area contributed by atoms with Gasteiger partial charge in [-0.1, -0.05) is 39.3 Å². The normalized spacial score (nSPS) is 25.7. The summed E-state index contributed by atoms with van der Waals surface area (Å²) in [6.45, 7) is 16.4. The highest BCUT2D eigenvalue weighted by Gasteiger charge is 2.36. The van der Waals surface area contributed by atoms with Gasteiger partial charge in [0.1, 0.15) is 0 Å². The number of rotatable bonds is 3. The zero-order chi connectivity index (χ0) is 11.0. The summed E-state index contributed by atoms with van der Waals surface area (Å²) in [6.07, 6.45) is 4.33. The fourth-order valence-electron chi connectivity index (χ4n) is 2.61. The van der Waals surface area contributed by atoms with E-state index < -0.39 is 16.1 Å². The zero-order valence-corrected chi connectivity index (χ0v) is 12.9. The average molecular weight is 230 g/mol. The average Bonchev–Trinajstić information content (AvgIpc) is 2.29. The zero-order valence-electron chi connectivity index (χ0n) is 10.9. The van der Waals surface area contributed by atoms with Crippen LogP contribution in [0.2, 0.25) is 39.3 Å². The highest BCUT2D eigenvalue weighted by Crippen LogP contribution is 2.26. The molecule has 0 aromatic carbocycles. The van der Waals surface area contributed by atoms with Crippen LogP contribution in [0.5, 0.6) is 0 Å². The molecule has 0 spiro atoms. The predicted molar refractivity (Wildman–Crippen MR) is 71.3 cm³/mol. The lowest BCUT2D eigenvalue weighted by molar-refractivity contribution is 0.349. The van der Waals surface area contributed by atoms with Gasteiger partial charge in [-0.05, 0) is 25.6 Å². The second-order valence-electron chi connectivity index (χ2n) is 7.06. The van der Waals surface area contributed by atoms with E-state index in [2.05, 4.69) is 44.2 Å². The van der Waals surface area contributed by atoms with Gasteiger partial charge in [-0.3, -0.25) is 0 Å². The van der Waals surface area contributed by atoms with Gasteiger partial charge in [-0.15, -0.1) is 0 Å². The summed E-state index contributed by atoms with van der Waals surface area (Å²) < 4.78 is 0. The van der Waals surface area contributed by atoms with Crippen molar-refractivity contribution < 1.29 is 0 Å². The third-order valence-corrected chi connectivity index (χ3v) is 7.05. The topological polar surface area (TPSA) is 3.24 Å². The molecule has 1 aliphatic rings. The molecule has 0 bridgehead atoms. The highest BCUT2D eigenvalue weighted by molar-refractivity contribution is 6.78. The monoisotopic (exact) mass is 229 g/mol. The molecule has 0 saturated carbocycles. The van der Waals surface area contributed by atoms with Crippen LogP contribution in [-0.2, 0) is 0 Å². The van der Waals surface area contributed by atoms with Gasteiger partial charge in [0.05, 0.1) is 16.1 Å². The number of hydrogen-bond donors (Lipinski definition) is 0. The predicted octanol–water partition coefficient (Wildman–Crippen LogP) is 3.21. The maximum Gasteiger partial charge on any atom is 0.0638 e. The third kappa shape index (κ3) is 3.52. The summed E-state index contributed by atoms with van der Waals surface area (Å²) in [5.74, 6) is 0. The van der Waals surface area contributed by atoms with E-state index in [1.54, 1.807) is 0 Å². The van der Waals surface area contributed by atoms with Gasteiger partial charge >= 0.3 is 0 Å². The van der Waals surface area contributed by atoms with Gasteiger partial charge in [-0.25, -0.2) is 0 Å². The smallest absolute Gasteiger partial charge is 0.0638 e. The molecule has 1 unspecified atom stereocenters. The Kier molecular flexibility index (Phi) is 3.65. The van der Waals surface area contributed by atoms with Crippen LogP contribution in [0, 0.1) is 0 Å². The van der Waals surface area contributed by atoms with Crippen LogP contribution in [0.3, 0.4) is 0 Å². The molecule has 0 radical (unpaired) electrons. The minimum absolute atomic E-state index is 0.895. The second kappa shape index (κ2) is 4.10. The Morgan fingerprint density at radius 3 is 2.07 bits per heavy atom. The van der Waals surface area contributed by atoms with Crippen molar-refractivity contribution in [2.75, 3.05) is 12.7 Å². The van der Waals surface area contributed by atoms with Gasteiger partial charge in [0.25, 0.3) is 0 Å². The Bertz CT molecular complexity index is 190. The molecule has 14 heavy (non-hydrogen) atoms. The van der Waals surface area contributed by atoms with Crippen LogP contribution in [-0.4, -0.2) is 39.4 Å².